The number of rotatable bonds is 4. The summed E-state index contributed by atoms with van der Waals surface area (Å²) in [6.07, 6.45) is 5.78. The first kappa shape index (κ1) is 10.7. The van der Waals surface area contributed by atoms with Crippen molar-refractivity contribution in [1.82, 2.24) is 0 Å². The van der Waals surface area contributed by atoms with Gasteiger partial charge in [0.05, 0.1) is 10.1 Å². The highest BCUT2D eigenvalue weighted by atomic mass is 32.2. The van der Waals surface area contributed by atoms with Crippen LogP contribution in [-0.4, -0.2) is 21.3 Å². The first-order valence-corrected chi connectivity index (χ1v) is 4.82. The van der Waals surface area contributed by atoms with E-state index >= 15 is 0 Å². The number of carboxylic acid groups (broad SMARTS) is 1. The zero-order valence-electron chi connectivity index (χ0n) is 7.37. The Morgan fingerprint density at radius 2 is 2.43 bits per heavy atom. The van der Waals surface area contributed by atoms with Crippen molar-refractivity contribution < 1.29 is 14.1 Å². The molecule has 0 aromatic carbocycles. The molecule has 0 spiro atoms. The Morgan fingerprint density at radius 3 is 2.86 bits per heavy atom. The molecule has 74 valence electrons. The highest BCUT2D eigenvalue weighted by Gasteiger charge is 2.34. The van der Waals surface area contributed by atoms with Crippen LogP contribution < -0.4 is 0 Å². The van der Waals surface area contributed by atoms with Gasteiger partial charge in [-0.15, -0.1) is 6.58 Å². The van der Waals surface area contributed by atoms with Gasteiger partial charge in [0.1, 0.15) is 0 Å². The Labute approximate surface area is 85.7 Å². The lowest BCUT2D eigenvalue weighted by Crippen LogP contribution is -2.20. The van der Waals surface area contributed by atoms with Crippen LogP contribution in [0, 0.1) is 10.8 Å². The average Bonchev–Trinajstić information content (AvgIpc) is 2.53. The van der Waals surface area contributed by atoms with Crippen molar-refractivity contribution in [3.05, 3.63) is 41.2 Å². The van der Waals surface area contributed by atoms with Gasteiger partial charge in [0.15, 0.2) is 0 Å². The number of hydrogen-bond acceptors (Lipinski definition) is 3. The Hall–Kier alpha value is -1.36. The fraction of sp³-hybridized carbons (Fsp3) is 0.222. The minimum absolute atomic E-state index is 0.269. The van der Waals surface area contributed by atoms with Crippen molar-refractivity contribution in [1.29, 1.82) is 0 Å². The van der Waals surface area contributed by atoms with E-state index in [1.807, 2.05) is 0 Å². The van der Waals surface area contributed by atoms with Crippen molar-refractivity contribution in [2.75, 3.05) is 0 Å². The van der Waals surface area contributed by atoms with Gasteiger partial charge in [-0.1, -0.05) is 12.2 Å². The predicted octanol–water partition coefficient (Wildman–Crippen LogP) is 1.75. The maximum atomic E-state index is 11.2. The van der Waals surface area contributed by atoms with E-state index in [-0.39, 0.29) is 12.0 Å². The molecule has 1 N–H and O–H groups in total. The Bertz CT molecular complexity index is 322. The van der Waals surface area contributed by atoms with Crippen LogP contribution in [-0.2, 0) is 4.79 Å². The van der Waals surface area contributed by atoms with Crippen LogP contribution in [0.1, 0.15) is 0 Å². The van der Waals surface area contributed by atoms with E-state index in [0.29, 0.717) is 0 Å². The van der Waals surface area contributed by atoms with Crippen molar-refractivity contribution in [2.45, 2.75) is 6.04 Å². The molecular weight excluding hydrogens is 202 g/mol. The molecule has 0 radical (unpaired) electrons. The molecule has 1 aliphatic heterocycles. The largest absolute Gasteiger partial charge is 0.478 e. The summed E-state index contributed by atoms with van der Waals surface area (Å²) in [7, 11) is 0. The van der Waals surface area contributed by atoms with E-state index in [1.54, 1.807) is 17.6 Å². The van der Waals surface area contributed by atoms with Gasteiger partial charge < -0.3 is 5.11 Å². The third-order valence-corrected chi connectivity index (χ3v) is 2.54. The molecule has 2 unspecified atom stereocenters. The Kier molecular flexibility index (Phi) is 3.64. The zero-order valence-corrected chi connectivity index (χ0v) is 8.18. The lowest BCUT2D eigenvalue weighted by Gasteiger charge is -2.04. The summed E-state index contributed by atoms with van der Waals surface area (Å²) in [6, 6.07) is -0.354. The van der Waals surface area contributed by atoms with Gasteiger partial charge >= 0.3 is 5.97 Å². The molecule has 0 saturated heterocycles. The highest BCUT2D eigenvalue weighted by molar-refractivity contribution is 7.96. The third-order valence-electron chi connectivity index (χ3n) is 1.81. The number of hydrogen-bond donors (Lipinski definition) is 1. The van der Waals surface area contributed by atoms with Crippen LogP contribution in [0.4, 0.5) is 0 Å². The molecule has 0 aromatic heterocycles. The fourth-order valence-electron chi connectivity index (χ4n) is 1.11. The van der Waals surface area contributed by atoms with E-state index in [9.17, 15) is 9.70 Å². The van der Waals surface area contributed by atoms with Gasteiger partial charge in [0, 0.05) is 22.5 Å². The molecule has 1 rings (SSSR count). The summed E-state index contributed by atoms with van der Waals surface area (Å²) in [6.45, 7) is 3.57. The Balaban J connectivity index is 2.71. The standard InChI is InChI=1S/C9H9NO3S/c1-2-7(3-4-9(11)12)8-5-6-14-10(8)13/h2-8H,1H2/p+1. The zero-order chi connectivity index (χ0) is 10.6. The molecule has 14 heavy (non-hydrogen) atoms. The first-order valence-electron chi connectivity index (χ1n) is 3.98. The number of carbonyl (C=O) groups is 1. The monoisotopic (exact) mass is 212 g/mol. The summed E-state index contributed by atoms with van der Waals surface area (Å²) in [5, 5.41) is 10.1. The molecule has 4 nitrogen and oxygen atoms in total. The second kappa shape index (κ2) is 4.76. The molecule has 1 heterocycles. The maximum absolute atomic E-state index is 11.2. The number of nitroso groups, excluding NO2 is 1. The van der Waals surface area contributed by atoms with Gasteiger partial charge in [0.2, 0.25) is 18.0 Å². The van der Waals surface area contributed by atoms with Gasteiger partial charge in [0.25, 0.3) is 0 Å². The summed E-state index contributed by atoms with van der Waals surface area (Å²) < 4.78 is 0.818. The molecule has 0 saturated carbocycles. The van der Waals surface area contributed by atoms with E-state index in [4.69, 9.17) is 5.11 Å². The molecule has 2 atom stereocenters. The molecule has 1 aliphatic rings. The second-order valence-corrected chi connectivity index (χ2v) is 3.56. The molecule has 5 heteroatoms. The van der Waals surface area contributed by atoms with E-state index < -0.39 is 5.97 Å². The lowest BCUT2D eigenvalue weighted by molar-refractivity contribution is -0.406. The van der Waals surface area contributed by atoms with Crippen LogP contribution in [0.15, 0.2) is 36.3 Å². The van der Waals surface area contributed by atoms with Crippen LogP contribution in [0.25, 0.3) is 0 Å². The molecule has 0 amide bonds. The summed E-state index contributed by atoms with van der Waals surface area (Å²) in [5.74, 6) is -1.29. The second-order valence-electron chi connectivity index (χ2n) is 2.72. The van der Waals surface area contributed by atoms with Crippen molar-refractivity contribution in [2.24, 2.45) is 5.92 Å². The maximum Gasteiger partial charge on any atom is 0.328 e. The highest BCUT2D eigenvalue weighted by Crippen LogP contribution is 2.25. The van der Waals surface area contributed by atoms with Crippen molar-refractivity contribution in [3.63, 3.8) is 0 Å². The van der Waals surface area contributed by atoms with Crippen LogP contribution in [0.3, 0.4) is 0 Å². The smallest absolute Gasteiger partial charge is 0.328 e. The SMILES string of the molecule is C=CC(C=CC(=O)O)C1C=CS[N+]1=O. The normalized spacial score (nSPS) is 22.9. The summed E-state index contributed by atoms with van der Waals surface area (Å²) in [5.41, 5.74) is 0. The van der Waals surface area contributed by atoms with Gasteiger partial charge in [-0.2, -0.15) is 0 Å². The topological polar surface area (TPSA) is 57.4 Å². The predicted molar refractivity (Wildman–Crippen MR) is 54.6 cm³/mol. The van der Waals surface area contributed by atoms with E-state index in [1.165, 1.54) is 6.08 Å². The molecule has 0 aromatic rings. The lowest BCUT2D eigenvalue weighted by atomic mass is 10.0. The van der Waals surface area contributed by atoms with Gasteiger partial charge in [-0.25, -0.2) is 4.79 Å². The fourth-order valence-corrected chi connectivity index (χ4v) is 1.81. The van der Waals surface area contributed by atoms with Crippen molar-refractivity contribution in [3.8, 4) is 0 Å². The minimum Gasteiger partial charge on any atom is -0.478 e. The number of carboxylic acids is 1. The molecule has 0 fully saturated rings. The minimum atomic E-state index is -1.02. The Morgan fingerprint density at radius 1 is 1.71 bits per heavy atom. The van der Waals surface area contributed by atoms with Gasteiger partial charge in [-0.05, 0) is 0 Å². The quantitative estimate of drug-likeness (QED) is 0.334. The first-order chi connectivity index (χ1) is 6.65. The van der Waals surface area contributed by atoms with E-state index in [0.717, 1.165) is 22.2 Å². The average molecular weight is 212 g/mol. The van der Waals surface area contributed by atoms with Crippen LogP contribution >= 0.6 is 11.9 Å². The molecule has 0 aliphatic carbocycles. The van der Waals surface area contributed by atoms with E-state index in [2.05, 4.69) is 6.58 Å². The van der Waals surface area contributed by atoms with Crippen molar-refractivity contribution >= 4 is 17.9 Å². The van der Waals surface area contributed by atoms with Crippen LogP contribution in [0.5, 0.6) is 0 Å². The summed E-state index contributed by atoms with van der Waals surface area (Å²) >= 11 is 1.05. The number of aliphatic carboxylic acids is 1. The third kappa shape index (κ3) is 2.56. The van der Waals surface area contributed by atoms with Gasteiger partial charge in [-0.3, -0.25) is 0 Å². The molecule has 0 bridgehead atoms. The number of nitrogens with zero attached hydrogens (tertiary/aromatic N) is 1. The summed E-state index contributed by atoms with van der Waals surface area (Å²) in [4.78, 5) is 21.5. The van der Waals surface area contributed by atoms with Crippen LogP contribution in [0.2, 0.25) is 0 Å². The molecular formula is C9H10NO3S+.